The lowest BCUT2D eigenvalue weighted by Crippen LogP contribution is -2.19. The van der Waals surface area contributed by atoms with Gasteiger partial charge in [-0.3, -0.25) is 9.69 Å². The predicted octanol–water partition coefficient (Wildman–Crippen LogP) is 3.69. The van der Waals surface area contributed by atoms with Gasteiger partial charge in [-0.2, -0.15) is 0 Å². The second-order valence-corrected chi connectivity index (χ2v) is 5.46. The van der Waals surface area contributed by atoms with Gasteiger partial charge in [0.15, 0.2) is 0 Å². The molecule has 0 radical (unpaired) electrons. The van der Waals surface area contributed by atoms with Gasteiger partial charge in [0.05, 0.1) is 6.54 Å². The minimum atomic E-state index is -0.777. The van der Waals surface area contributed by atoms with Crippen LogP contribution in [0.4, 0.5) is 4.39 Å². The molecule has 0 saturated carbocycles. The van der Waals surface area contributed by atoms with Gasteiger partial charge in [0.25, 0.3) is 0 Å². The summed E-state index contributed by atoms with van der Waals surface area (Å²) in [7, 11) is 1.92. The first-order valence-corrected chi connectivity index (χ1v) is 7.21. The Morgan fingerprint density at radius 1 is 1.32 bits per heavy atom. The Kier molecular flexibility index (Phi) is 5.33. The van der Waals surface area contributed by atoms with Gasteiger partial charge in [0, 0.05) is 12.0 Å². The van der Waals surface area contributed by atoms with E-state index in [9.17, 15) is 9.18 Å². The van der Waals surface area contributed by atoms with Crippen molar-refractivity contribution in [2.24, 2.45) is 0 Å². The molecule has 0 aliphatic heterocycles. The molecule has 0 aliphatic rings. The summed E-state index contributed by atoms with van der Waals surface area (Å²) in [5.74, 6) is 0.481. The van der Waals surface area contributed by atoms with Crippen LogP contribution in [0.25, 0.3) is 11.3 Å². The molecule has 0 amide bonds. The monoisotopic (exact) mass is 305 g/mol. The van der Waals surface area contributed by atoms with Crippen molar-refractivity contribution in [1.82, 2.24) is 4.90 Å². The zero-order valence-corrected chi connectivity index (χ0v) is 12.8. The summed E-state index contributed by atoms with van der Waals surface area (Å²) in [6.07, 6.45) is 0.777. The topological polar surface area (TPSA) is 53.7 Å². The quantitative estimate of drug-likeness (QED) is 0.847. The number of carboxylic acids is 1. The second-order valence-electron chi connectivity index (χ2n) is 5.46. The van der Waals surface area contributed by atoms with E-state index in [0.29, 0.717) is 25.3 Å². The molecule has 0 spiro atoms. The number of hydrogen-bond acceptors (Lipinski definition) is 3. The van der Waals surface area contributed by atoms with Crippen LogP contribution in [-0.2, 0) is 11.3 Å². The first-order chi connectivity index (χ1) is 10.5. The molecule has 1 N–H and O–H groups in total. The highest BCUT2D eigenvalue weighted by Gasteiger charge is 2.10. The molecule has 0 saturated heterocycles. The number of benzene rings is 1. The third kappa shape index (κ3) is 4.43. The van der Waals surface area contributed by atoms with Crippen molar-refractivity contribution in [3.63, 3.8) is 0 Å². The fourth-order valence-electron chi connectivity index (χ4n) is 2.36. The molecule has 0 unspecified atom stereocenters. The molecule has 2 aromatic rings. The average molecular weight is 305 g/mol. The second kappa shape index (κ2) is 7.22. The van der Waals surface area contributed by atoms with Gasteiger partial charge in [0.1, 0.15) is 17.3 Å². The van der Waals surface area contributed by atoms with Crippen LogP contribution in [0.3, 0.4) is 0 Å². The number of halogens is 1. The number of aryl methyl sites for hydroxylation is 1. The average Bonchev–Trinajstić information content (AvgIpc) is 2.86. The van der Waals surface area contributed by atoms with Crippen LogP contribution >= 0.6 is 0 Å². The number of carboxylic acid groups (broad SMARTS) is 1. The van der Waals surface area contributed by atoms with E-state index in [1.807, 2.05) is 31.0 Å². The highest BCUT2D eigenvalue weighted by molar-refractivity contribution is 5.66. The Morgan fingerprint density at radius 3 is 2.77 bits per heavy atom. The molecule has 5 heteroatoms. The molecule has 0 aliphatic carbocycles. The minimum Gasteiger partial charge on any atom is -0.481 e. The molecule has 4 nitrogen and oxygen atoms in total. The van der Waals surface area contributed by atoms with E-state index in [4.69, 9.17) is 9.52 Å². The first-order valence-electron chi connectivity index (χ1n) is 7.21. The Morgan fingerprint density at radius 2 is 2.09 bits per heavy atom. The summed E-state index contributed by atoms with van der Waals surface area (Å²) in [5, 5.41) is 8.63. The summed E-state index contributed by atoms with van der Waals surface area (Å²) >= 11 is 0. The number of rotatable bonds is 7. The molecular formula is C17H20FNO3. The lowest BCUT2D eigenvalue weighted by molar-refractivity contribution is -0.137. The summed E-state index contributed by atoms with van der Waals surface area (Å²) in [6.45, 7) is 3.15. The van der Waals surface area contributed by atoms with Crippen molar-refractivity contribution in [3.8, 4) is 11.3 Å². The number of nitrogens with zero attached hydrogens (tertiary/aromatic N) is 1. The fraction of sp³-hybridized carbons (Fsp3) is 0.353. The minimum absolute atomic E-state index is 0.169. The molecule has 118 valence electrons. The van der Waals surface area contributed by atoms with Crippen molar-refractivity contribution < 1.29 is 18.7 Å². The summed E-state index contributed by atoms with van der Waals surface area (Å²) in [5.41, 5.74) is 1.71. The molecule has 0 bridgehead atoms. The number of aliphatic carboxylic acids is 1. The summed E-state index contributed by atoms with van der Waals surface area (Å²) in [4.78, 5) is 12.5. The highest BCUT2D eigenvalue weighted by Crippen LogP contribution is 2.26. The summed E-state index contributed by atoms with van der Waals surface area (Å²) in [6, 6.07) is 8.38. The SMILES string of the molecule is Cc1cc(F)ccc1-c1ccc(CN(C)CCCC(=O)O)o1. The lowest BCUT2D eigenvalue weighted by atomic mass is 10.1. The fourth-order valence-corrected chi connectivity index (χ4v) is 2.36. The van der Waals surface area contributed by atoms with Crippen LogP contribution in [0.2, 0.25) is 0 Å². The van der Waals surface area contributed by atoms with Crippen LogP contribution < -0.4 is 0 Å². The normalized spacial score (nSPS) is 11.1. The Bertz CT molecular complexity index is 651. The van der Waals surface area contributed by atoms with Gasteiger partial charge in [-0.1, -0.05) is 0 Å². The van der Waals surface area contributed by atoms with E-state index >= 15 is 0 Å². The number of carbonyl (C=O) groups is 1. The van der Waals surface area contributed by atoms with Gasteiger partial charge in [0.2, 0.25) is 0 Å². The van der Waals surface area contributed by atoms with E-state index in [1.54, 1.807) is 6.07 Å². The van der Waals surface area contributed by atoms with Crippen molar-refractivity contribution in [2.75, 3.05) is 13.6 Å². The van der Waals surface area contributed by atoms with Crippen molar-refractivity contribution >= 4 is 5.97 Å². The van der Waals surface area contributed by atoms with E-state index in [2.05, 4.69) is 0 Å². The van der Waals surface area contributed by atoms with Crippen molar-refractivity contribution in [2.45, 2.75) is 26.3 Å². The van der Waals surface area contributed by atoms with Gasteiger partial charge in [-0.05, 0) is 62.8 Å². The zero-order chi connectivity index (χ0) is 16.1. The molecule has 1 aromatic heterocycles. The standard InChI is InChI=1S/C17H20FNO3/c1-12-10-13(18)5-7-15(12)16-8-6-14(22-16)11-19(2)9-3-4-17(20)21/h5-8,10H,3-4,9,11H2,1-2H3,(H,20,21). The third-order valence-corrected chi connectivity index (χ3v) is 3.47. The van der Waals surface area contributed by atoms with Crippen LogP contribution in [0, 0.1) is 12.7 Å². The third-order valence-electron chi connectivity index (χ3n) is 3.47. The lowest BCUT2D eigenvalue weighted by Gasteiger charge is -2.14. The highest BCUT2D eigenvalue weighted by atomic mass is 19.1. The zero-order valence-electron chi connectivity index (χ0n) is 12.8. The number of hydrogen-bond donors (Lipinski definition) is 1. The Hall–Kier alpha value is -2.14. The van der Waals surface area contributed by atoms with Crippen LogP contribution in [-0.4, -0.2) is 29.6 Å². The molecule has 2 rings (SSSR count). The Labute approximate surface area is 129 Å². The van der Waals surface area contributed by atoms with Crippen molar-refractivity contribution in [1.29, 1.82) is 0 Å². The molecule has 1 heterocycles. The van der Waals surface area contributed by atoms with Crippen LogP contribution in [0.5, 0.6) is 0 Å². The van der Waals surface area contributed by atoms with Gasteiger partial charge in [-0.15, -0.1) is 0 Å². The molecule has 0 fully saturated rings. The molecule has 0 atom stereocenters. The van der Waals surface area contributed by atoms with Gasteiger partial charge in [-0.25, -0.2) is 4.39 Å². The maximum Gasteiger partial charge on any atom is 0.303 e. The van der Waals surface area contributed by atoms with E-state index in [1.165, 1.54) is 12.1 Å². The smallest absolute Gasteiger partial charge is 0.303 e. The molecular weight excluding hydrogens is 285 g/mol. The van der Waals surface area contributed by atoms with E-state index in [0.717, 1.165) is 16.9 Å². The van der Waals surface area contributed by atoms with Gasteiger partial charge < -0.3 is 9.52 Å². The number of furan rings is 1. The van der Waals surface area contributed by atoms with Crippen LogP contribution in [0.15, 0.2) is 34.7 Å². The largest absolute Gasteiger partial charge is 0.481 e. The maximum atomic E-state index is 13.1. The maximum absolute atomic E-state index is 13.1. The molecule has 22 heavy (non-hydrogen) atoms. The van der Waals surface area contributed by atoms with E-state index < -0.39 is 5.97 Å². The summed E-state index contributed by atoms with van der Waals surface area (Å²) < 4.78 is 18.9. The van der Waals surface area contributed by atoms with E-state index in [-0.39, 0.29) is 12.2 Å². The Balaban J connectivity index is 1.97. The van der Waals surface area contributed by atoms with Crippen molar-refractivity contribution in [3.05, 3.63) is 47.5 Å². The van der Waals surface area contributed by atoms with Crippen LogP contribution in [0.1, 0.15) is 24.2 Å². The first kappa shape index (κ1) is 16.2. The van der Waals surface area contributed by atoms with Gasteiger partial charge >= 0.3 is 5.97 Å². The molecule has 1 aromatic carbocycles. The predicted molar refractivity (Wildman–Crippen MR) is 82.0 cm³/mol.